The number of likely N-dealkylation sites (tertiary alicyclic amines) is 1. The molecular weight excluding hydrogens is 242 g/mol. The van der Waals surface area contributed by atoms with Crippen LogP contribution in [-0.4, -0.2) is 43.0 Å². The normalized spacial score (nSPS) is 20.3. The Morgan fingerprint density at radius 3 is 2.32 bits per heavy atom. The van der Waals surface area contributed by atoms with Gasteiger partial charge in [-0.3, -0.25) is 4.79 Å². The van der Waals surface area contributed by atoms with Crippen LogP contribution in [0.5, 0.6) is 0 Å². The van der Waals surface area contributed by atoms with Crippen LogP contribution in [0.4, 0.5) is 4.79 Å². The second-order valence-corrected chi connectivity index (χ2v) is 5.66. The first-order valence-electron chi connectivity index (χ1n) is 7.55. The van der Waals surface area contributed by atoms with E-state index in [0.717, 1.165) is 32.5 Å². The minimum atomic E-state index is -0.211. The first-order valence-corrected chi connectivity index (χ1v) is 7.55. The molecule has 2 N–H and O–H groups in total. The summed E-state index contributed by atoms with van der Waals surface area (Å²) >= 11 is 0. The van der Waals surface area contributed by atoms with Crippen molar-refractivity contribution in [2.45, 2.75) is 44.9 Å². The van der Waals surface area contributed by atoms with Gasteiger partial charge in [0.15, 0.2) is 0 Å². The van der Waals surface area contributed by atoms with Gasteiger partial charge in [-0.05, 0) is 38.0 Å². The van der Waals surface area contributed by atoms with E-state index in [2.05, 4.69) is 10.6 Å². The van der Waals surface area contributed by atoms with Gasteiger partial charge in [0.25, 0.3) is 0 Å². The summed E-state index contributed by atoms with van der Waals surface area (Å²) in [6.07, 6.45) is 8.36. The zero-order valence-electron chi connectivity index (χ0n) is 11.6. The molecule has 0 spiro atoms. The molecule has 2 rings (SSSR count). The van der Waals surface area contributed by atoms with Gasteiger partial charge < -0.3 is 15.5 Å². The predicted octanol–water partition coefficient (Wildman–Crippen LogP) is 1.49. The van der Waals surface area contributed by atoms with Gasteiger partial charge in [-0.1, -0.05) is 12.8 Å². The topological polar surface area (TPSA) is 61.4 Å². The fraction of sp³-hybridized carbons (Fsp3) is 0.857. The van der Waals surface area contributed by atoms with Crippen LogP contribution in [0.2, 0.25) is 0 Å². The lowest BCUT2D eigenvalue weighted by molar-refractivity contribution is -0.130. The Kier molecular flexibility index (Phi) is 5.48. The molecule has 0 bridgehead atoms. The molecule has 0 radical (unpaired) electrons. The van der Waals surface area contributed by atoms with Crippen molar-refractivity contribution in [3.63, 3.8) is 0 Å². The highest BCUT2D eigenvalue weighted by atomic mass is 16.2. The number of amides is 3. The highest BCUT2D eigenvalue weighted by Gasteiger charge is 2.18. The van der Waals surface area contributed by atoms with Crippen molar-refractivity contribution in [3.8, 4) is 0 Å². The second kappa shape index (κ2) is 7.36. The van der Waals surface area contributed by atoms with Crippen LogP contribution in [0, 0.1) is 5.92 Å². The third-order valence-electron chi connectivity index (χ3n) is 4.13. The summed E-state index contributed by atoms with van der Waals surface area (Å²) in [5.74, 6) is 0.666. The molecule has 1 saturated heterocycles. The predicted molar refractivity (Wildman–Crippen MR) is 73.8 cm³/mol. The molecule has 2 aliphatic rings. The van der Waals surface area contributed by atoms with Crippen molar-refractivity contribution >= 4 is 11.9 Å². The zero-order valence-corrected chi connectivity index (χ0v) is 11.6. The third-order valence-corrected chi connectivity index (χ3v) is 4.13. The number of urea groups is 1. The van der Waals surface area contributed by atoms with E-state index in [1.807, 2.05) is 4.90 Å². The molecule has 0 aromatic rings. The molecule has 19 heavy (non-hydrogen) atoms. The van der Waals surface area contributed by atoms with Gasteiger partial charge in [0.05, 0.1) is 6.54 Å². The molecule has 1 aliphatic carbocycles. The van der Waals surface area contributed by atoms with E-state index in [9.17, 15) is 9.59 Å². The fourth-order valence-corrected chi connectivity index (χ4v) is 2.93. The van der Waals surface area contributed by atoms with Crippen LogP contribution in [0.1, 0.15) is 44.9 Å². The Morgan fingerprint density at radius 2 is 1.63 bits per heavy atom. The summed E-state index contributed by atoms with van der Waals surface area (Å²) in [4.78, 5) is 25.3. The second-order valence-electron chi connectivity index (χ2n) is 5.66. The molecule has 1 aliphatic heterocycles. The van der Waals surface area contributed by atoms with Gasteiger partial charge in [0.1, 0.15) is 0 Å². The number of carbonyl (C=O) groups is 2. The number of nitrogens with zero attached hydrogens (tertiary/aromatic N) is 1. The van der Waals surface area contributed by atoms with Crippen LogP contribution in [0.25, 0.3) is 0 Å². The SMILES string of the molecule is O=C(NCC(=O)N1CCCCC1)NCC1CCCC1. The smallest absolute Gasteiger partial charge is 0.315 e. The largest absolute Gasteiger partial charge is 0.341 e. The first kappa shape index (κ1) is 14.2. The van der Waals surface area contributed by atoms with E-state index in [0.29, 0.717) is 5.92 Å². The van der Waals surface area contributed by atoms with Crippen LogP contribution >= 0.6 is 0 Å². The summed E-state index contributed by atoms with van der Waals surface area (Å²) < 4.78 is 0. The lowest BCUT2D eigenvalue weighted by Gasteiger charge is -2.26. The standard InChI is InChI=1S/C14H25N3O2/c18-13(17-8-4-1-5-9-17)11-16-14(19)15-10-12-6-2-3-7-12/h12H,1-11H2,(H2,15,16,19). The van der Waals surface area contributed by atoms with Crippen molar-refractivity contribution in [1.29, 1.82) is 0 Å². The van der Waals surface area contributed by atoms with Gasteiger partial charge in [0.2, 0.25) is 5.91 Å². The number of nitrogens with one attached hydrogen (secondary N) is 2. The lowest BCUT2D eigenvalue weighted by Crippen LogP contribution is -2.45. The van der Waals surface area contributed by atoms with E-state index in [1.54, 1.807) is 0 Å². The highest BCUT2D eigenvalue weighted by molar-refractivity contribution is 5.84. The van der Waals surface area contributed by atoms with Crippen LogP contribution in [0.3, 0.4) is 0 Å². The summed E-state index contributed by atoms with van der Waals surface area (Å²) in [5.41, 5.74) is 0. The van der Waals surface area contributed by atoms with Gasteiger partial charge >= 0.3 is 6.03 Å². The van der Waals surface area contributed by atoms with Gasteiger partial charge in [0, 0.05) is 19.6 Å². The monoisotopic (exact) mass is 267 g/mol. The molecule has 0 aromatic carbocycles. The number of rotatable bonds is 4. The van der Waals surface area contributed by atoms with E-state index in [-0.39, 0.29) is 18.5 Å². The maximum Gasteiger partial charge on any atom is 0.315 e. The van der Waals surface area contributed by atoms with Crippen LogP contribution < -0.4 is 10.6 Å². The molecule has 0 unspecified atom stereocenters. The molecule has 3 amide bonds. The Labute approximate surface area is 115 Å². The Balaban J connectivity index is 1.58. The van der Waals surface area contributed by atoms with Crippen LogP contribution in [0.15, 0.2) is 0 Å². The number of carbonyl (C=O) groups excluding carboxylic acids is 2. The lowest BCUT2D eigenvalue weighted by atomic mass is 10.1. The number of piperidine rings is 1. The average Bonchev–Trinajstić information content (AvgIpc) is 2.96. The molecule has 2 fully saturated rings. The minimum Gasteiger partial charge on any atom is -0.341 e. The first-order chi connectivity index (χ1) is 9.25. The molecule has 1 saturated carbocycles. The Morgan fingerprint density at radius 1 is 0.947 bits per heavy atom. The molecule has 108 valence electrons. The van der Waals surface area contributed by atoms with E-state index < -0.39 is 0 Å². The summed E-state index contributed by atoms with van der Waals surface area (Å²) in [6, 6.07) is -0.211. The van der Waals surface area contributed by atoms with Crippen molar-refractivity contribution in [2.75, 3.05) is 26.2 Å². The van der Waals surface area contributed by atoms with Crippen molar-refractivity contribution in [1.82, 2.24) is 15.5 Å². The van der Waals surface area contributed by atoms with E-state index >= 15 is 0 Å². The highest BCUT2D eigenvalue weighted by Crippen LogP contribution is 2.23. The summed E-state index contributed by atoms with van der Waals surface area (Å²) in [5, 5.41) is 5.52. The Hall–Kier alpha value is -1.26. The number of hydrogen-bond acceptors (Lipinski definition) is 2. The van der Waals surface area contributed by atoms with Gasteiger partial charge in [-0.15, -0.1) is 0 Å². The zero-order chi connectivity index (χ0) is 13.5. The van der Waals surface area contributed by atoms with Crippen molar-refractivity contribution < 1.29 is 9.59 Å². The summed E-state index contributed by atoms with van der Waals surface area (Å²) in [6.45, 7) is 2.54. The van der Waals surface area contributed by atoms with Crippen molar-refractivity contribution in [3.05, 3.63) is 0 Å². The Bertz CT molecular complexity index is 308. The van der Waals surface area contributed by atoms with Gasteiger partial charge in [-0.2, -0.15) is 0 Å². The van der Waals surface area contributed by atoms with Crippen molar-refractivity contribution in [2.24, 2.45) is 5.92 Å². The van der Waals surface area contributed by atoms with E-state index in [1.165, 1.54) is 32.1 Å². The molecule has 1 heterocycles. The molecule has 0 atom stereocenters. The summed E-state index contributed by atoms with van der Waals surface area (Å²) in [7, 11) is 0. The molecule has 5 heteroatoms. The maximum absolute atomic E-state index is 11.8. The van der Waals surface area contributed by atoms with Crippen LogP contribution in [-0.2, 0) is 4.79 Å². The minimum absolute atomic E-state index is 0.0377. The molecule has 0 aromatic heterocycles. The quantitative estimate of drug-likeness (QED) is 0.810. The average molecular weight is 267 g/mol. The van der Waals surface area contributed by atoms with Gasteiger partial charge in [-0.25, -0.2) is 4.79 Å². The fourth-order valence-electron chi connectivity index (χ4n) is 2.93. The maximum atomic E-state index is 11.8. The third kappa shape index (κ3) is 4.73. The number of hydrogen-bond donors (Lipinski definition) is 2. The van der Waals surface area contributed by atoms with E-state index in [4.69, 9.17) is 0 Å². The molecule has 5 nitrogen and oxygen atoms in total. The molecular formula is C14H25N3O2.